The summed E-state index contributed by atoms with van der Waals surface area (Å²) in [4.78, 5) is 38.3. The normalized spacial score (nSPS) is 16.3. The highest BCUT2D eigenvalue weighted by atomic mass is 32.1. The van der Waals surface area contributed by atoms with Crippen LogP contribution in [0, 0.1) is 12.8 Å². The Balaban J connectivity index is 1.27. The van der Waals surface area contributed by atoms with Crippen LogP contribution < -0.4 is 5.32 Å². The van der Waals surface area contributed by atoms with E-state index in [1.54, 1.807) is 28.5 Å². The minimum Gasteiger partial charge on any atom is -0.337 e. The van der Waals surface area contributed by atoms with Crippen molar-refractivity contribution in [1.29, 1.82) is 0 Å². The average Bonchev–Trinajstić information content (AvgIpc) is 3.47. The van der Waals surface area contributed by atoms with Gasteiger partial charge in [-0.2, -0.15) is 0 Å². The number of nitrogens with zero attached hydrogens (tertiary/aromatic N) is 3. The van der Waals surface area contributed by atoms with Gasteiger partial charge in [-0.25, -0.2) is 9.97 Å². The maximum Gasteiger partial charge on any atom is 0.263 e. The van der Waals surface area contributed by atoms with Crippen molar-refractivity contribution in [3.8, 4) is 9.88 Å². The first-order valence-electron chi connectivity index (χ1n) is 10.6. The number of thiophene rings is 1. The third-order valence-electron chi connectivity index (χ3n) is 5.56. The van der Waals surface area contributed by atoms with Crippen molar-refractivity contribution in [3.05, 3.63) is 65.2 Å². The van der Waals surface area contributed by atoms with Crippen LogP contribution in [0.25, 0.3) is 20.1 Å². The fourth-order valence-corrected chi connectivity index (χ4v) is 5.84. The van der Waals surface area contributed by atoms with Crippen LogP contribution in [0.3, 0.4) is 0 Å². The van der Waals surface area contributed by atoms with E-state index in [0.29, 0.717) is 23.8 Å². The molecule has 1 unspecified atom stereocenters. The minimum atomic E-state index is -0.237. The molecule has 32 heavy (non-hydrogen) atoms. The van der Waals surface area contributed by atoms with Gasteiger partial charge in [0.25, 0.3) is 5.91 Å². The van der Waals surface area contributed by atoms with E-state index in [4.69, 9.17) is 4.98 Å². The number of hydrogen-bond donors (Lipinski definition) is 1. The van der Waals surface area contributed by atoms with E-state index >= 15 is 0 Å². The van der Waals surface area contributed by atoms with E-state index < -0.39 is 0 Å². The molecule has 0 spiro atoms. The van der Waals surface area contributed by atoms with Crippen molar-refractivity contribution in [1.82, 2.24) is 14.9 Å². The molecule has 0 saturated carbocycles. The second-order valence-corrected chi connectivity index (χ2v) is 10.1. The van der Waals surface area contributed by atoms with Crippen molar-refractivity contribution in [2.75, 3.05) is 18.4 Å². The third-order valence-corrected chi connectivity index (χ3v) is 7.84. The van der Waals surface area contributed by atoms with Gasteiger partial charge in [0, 0.05) is 19.3 Å². The molecule has 0 bridgehead atoms. The largest absolute Gasteiger partial charge is 0.337 e. The molecule has 6 nitrogen and oxygen atoms in total. The summed E-state index contributed by atoms with van der Waals surface area (Å²) in [5.41, 5.74) is 2.01. The van der Waals surface area contributed by atoms with E-state index in [-0.39, 0.29) is 17.7 Å². The Hall–Kier alpha value is -3.10. The number of thiazole rings is 1. The smallest absolute Gasteiger partial charge is 0.263 e. The maximum atomic E-state index is 13.2. The molecule has 1 aromatic carbocycles. The molecule has 2 amide bonds. The Morgan fingerprint density at radius 1 is 1.09 bits per heavy atom. The highest BCUT2D eigenvalue weighted by Crippen LogP contribution is 2.35. The van der Waals surface area contributed by atoms with Gasteiger partial charge < -0.3 is 10.2 Å². The number of rotatable bonds is 4. The van der Waals surface area contributed by atoms with E-state index in [2.05, 4.69) is 16.4 Å². The number of aromatic nitrogens is 2. The number of anilines is 1. The number of aryl methyl sites for hydroxylation is 1. The fraction of sp³-hybridized carbons (Fsp3) is 0.250. The SMILES string of the molecule is Cc1ccc(NC(=O)C2CCCN(C(=O)c3ccc(-c4nc5ccccc5s4)s3)C2)nc1. The summed E-state index contributed by atoms with van der Waals surface area (Å²) in [6, 6.07) is 15.6. The first-order chi connectivity index (χ1) is 15.6. The van der Waals surface area contributed by atoms with Crippen LogP contribution in [-0.2, 0) is 4.79 Å². The number of hydrogen-bond acceptors (Lipinski definition) is 6. The monoisotopic (exact) mass is 462 g/mol. The van der Waals surface area contributed by atoms with Crippen LogP contribution in [0.4, 0.5) is 5.82 Å². The number of fused-ring (bicyclic) bond motifs is 1. The molecular formula is C24H22N4O2S2. The summed E-state index contributed by atoms with van der Waals surface area (Å²) < 4.78 is 1.14. The Kier molecular flexibility index (Phi) is 5.71. The molecule has 162 valence electrons. The van der Waals surface area contributed by atoms with Gasteiger partial charge >= 0.3 is 0 Å². The zero-order chi connectivity index (χ0) is 22.1. The summed E-state index contributed by atoms with van der Waals surface area (Å²) in [6.07, 6.45) is 3.30. The van der Waals surface area contributed by atoms with Gasteiger partial charge in [-0.3, -0.25) is 9.59 Å². The average molecular weight is 463 g/mol. The zero-order valence-corrected chi connectivity index (χ0v) is 19.2. The van der Waals surface area contributed by atoms with Gasteiger partial charge in [0.15, 0.2) is 0 Å². The summed E-state index contributed by atoms with van der Waals surface area (Å²) in [7, 11) is 0. The van der Waals surface area contributed by atoms with Gasteiger partial charge in [-0.15, -0.1) is 22.7 Å². The summed E-state index contributed by atoms with van der Waals surface area (Å²) in [6.45, 7) is 3.04. The number of likely N-dealkylation sites (tertiary alicyclic amines) is 1. The van der Waals surface area contributed by atoms with Crippen molar-refractivity contribution in [2.45, 2.75) is 19.8 Å². The number of piperidine rings is 1. The quantitative estimate of drug-likeness (QED) is 0.451. The molecular weight excluding hydrogens is 440 g/mol. The van der Waals surface area contributed by atoms with E-state index in [1.165, 1.54) is 11.3 Å². The minimum absolute atomic E-state index is 0.0201. The van der Waals surface area contributed by atoms with Crippen LogP contribution in [0.5, 0.6) is 0 Å². The fourth-order valence-electron chi connectivity index (χ4n) is 3.85. The summed E-state index contributed by atoms with van der Waals surface area (Å²) in [5, 5.41) is 3.81. The number of nitrogens with one attached hydrogen (secondary N) is 1. The first-order valence-corrected chi connectivity index (χ1v) is 12.2. The van der Waals surface area contributed by atoms with Gasteiger partial charge in [0.2, 0.25) is 5.91 Å². The molecule has 8 heteroatoms. The van der Waals surface area contributed by atoms with Crippen LogP contribution in [0.15, 0.2) is 54.7 Å². The van der Waals surface area contributed by atoms with Crippen molar-refractivity contribution >= 4 is 50.5 Å². The lowest BCUT2D eigenvalue weighted by Gasteiger charge is -2.31. The van der Waals surface area contributed by atoms with Gasteiger partial charge in [-0.1, -0.05) is 18.2 Å². The topological polar surface area (TPSA) is 75.2 Å². The van der Waals surface area contributed by atoms with Gasteiger partial charge in [-0.05, 0) is 55.7 Å². The van der Waals surface area contributed by atoms with Crippen LogP contribution in [0.1, 0.15) is 28.1 Å². The molecule has 5 rings (SSSR count). The molecule has 1 saturated heterocycles. The highest BCUT2D eigenvalue weighted by molar-refractivity contribution is 7.26. The second-order valence-electron chi connectivity index (χ2n) is 7.95. The Labute approximate surface area is 193 Å². The van der Waals surface area contributed by atoms with E-state index in [1.807, 2.05) is 43.3 Å². The molecule has 1 N–H and O–H groups in total. The number of benzene rings is 1. The first kappa shape index (κ1) is 20.8. The molecule has 1 aliphatic rings. The molecule has 0 aliphatic carbocycles. The lowest BCUT2D eigenvalue weighted by Crippen LogP contribution is -2.43. The number of carbonyl (C=O) groups excluding carboxylic acids is 2. The molecule has 4 heterocycles. The molecule has 1 atom stereocenters. The number of carbonyl (C=O) groups is 2. The summed E-state index contributed by atoms with van der Waals surface area (Å²) in [5.74, 6) is 0.204. The Bertz CT molecular complexity index is 1250. The number of para-hydroxylation sites is 1. The summed E-state index contributed by atoms with van der Waals surface area (Å²) >= 11 is 3.10. The van der Waals surface area contributed by atoms with Gasteiger partial charge in [0.05, 0.1) is 25.9 Å². The van der Waals surface area contributed by atoms with Crippen molar-refractivity contribution in [3.63, 3.8) is 0 Å². The van der Waals surface area contributed by atoms with Crippen molar-refractivity contribution < 1.29 is 9.59 Å². The van der Waals surface area contributed by atoms with E-state index in [0.717, 1.165) is 38.5 Å². The number of pyridine rings is 1. The lowest BCUT2D eigenvalue weighted by atomic mass is 9.97. The second kappa shape index (κ2) is 8.80. The van der Waals surface area contributed by atoms with Crippen LogP contribution in [0.2, 0.25) is 0 Å². The number of amides is 2. The third kappa shape index (κ3) is 4.28. The molecule has 3 aromatic heterocycles. The standard InChI is InChI=1S/C24H22N4O2S2/c1-15-8-11-21(25-13-15)27-22(29)16-5-4-12-28(14-16)24(30)20-10-9-19(31-20)23-26-17-6-2-3-7-18(17)32-23/h2-3,6-11,13,16H,4-5,12,14H2,1H3,(H,25,27,29). The van der Waals surface area contributed by atoms with E-state index in [9.17, 15) is 9.59 Å². The Morgan fingerprint density at radius 2 is 1.97 bits per heavy atom. The van der Waals surface area contributed by atoms with Crippen molar-refractivity contribution in [2.24, 2.45) is 5.92 Å². The predicted molar refractivity (Wildman–Crippen MR) is 129 cm³/mol. The Morgan fingerprint density at radius 3 is 2.78 bits per heavy atom. The van der Waals surface area contributed by atoms with Crippen LogP contribution in [-0.4, -0.2) is 39.8 Å². The molecule has 1 aliphatic heterocycles. The maximum absolute atomic E-state index is 13.2. The molecule has 4 aromatic rings. The lowest BCUT2D eigenvalue weighted by molar-refractivity contribution is -0.121. The highest BCUT2D eigenvalue weighted by Gasteiger charge is 2.30. The van der Waals surface area contributed by atoms with Crippen LogP contribution >= 0.6 is 22.7 Å². The van der Waals surface area contributed by atoms with Gasteiger partial charge in [0.1, 0.15) is 10.8 Å². The predicted octanol–water partition coefficient (Wildman–Crippen LogP) is 5.22. The molecule has 1 fully saturated rings. The molecule has 0 radical (unpaired) electrons. The zero-order valence-electron chi connectivity index (χ0n) is 17.6.